The highest BCUT2D eigenvalue weighted by Gasteiger charge is 2.19. The average molecular weight is 322 g/mol. The fourth-order valence-corrected chi connectivity index (χ4v) is 2.02. The minimum absolute atomic E-state index is 0.121. The Bertz CT molecular complexity index is 745. The van der Waals surface area contributed by atoms with Gasteiger partial charge in [0.25, 0.3) is 0 Å². The molecule has 2 aromatic carbocycles. The van der Waals surface area contributed by atoms with Gasteiger partial charge in [-0.1, -0.05) is 23.7 Å². The Morgan fingerprint density at radius 3 is 2.45 bits per heavy atom. The van der Waals surface area contributed by atoms with Gasteiger partial charge in [0.2, 0.25) is 5.78 Å². The number of carbonyl (C=O) groups excluding carboxylic acids is 1. The molecule has 0 fully saturated rings. The topological polar surface area (TPSA) is 110 Å². The van der Waals surface area contributed by atoms with Crippen molar-refractivity contribution in [3.63, 3.8) is 0 Å². The van der Waals surface area contributed by atoms with Crippen LogP contribution in [0.5, 0.6) is 11.5 Å². The van der Waals surface area contributed by atoms with E-state index in [1.54, 1.807) is 24.3 Å². The minimum Gasteiger partial charge on any atom is -0.508 e. The Morgan fingerprint density at radius 1 is 1.18 bits per heavy atom. The molecule has 0 aromatic heterocycles. The zero-order chi connectivity index (χ0) is 16.3. The number of halogens is 1. The number of carbonyl (C=O) groups is 2. The molecule has 7 heteroatoms. The lowest BCUT2D eigenvalue weighted by molar-refractivity contribution is 0.0697. The summed E-state index contributed by atoms with van der Waals surface area (Å²) in [5.74, 6) is -1.97. The number of rotatable bonds is 5. The van der Waals surface area contributed by atoms with Crippen LogP contribution in [-0.2, 0) is 0 Å². The molecule has 114 valence electrons. The molecular weight excluding hydrogens is 310 g/mol. The lowest BCUT2D eigenvalue weighted by Crippen LogP contribution is -2.16. The number of phenolic OH excluding ortho intramolecular Hbond substituents is 1. The molecule has 0 heterocycles. The number of anilines is 1. The predicted molar refractivity (Wildman–Crippen MR) is 80.8 cm³/mol. The summed E-state index contributed by atoms with van der Waals surface area (Å²) in [6, 6.07) is 8.67. The maximum atomic E-state index is 12.1. The number of para-hydroxylation sites is 1. The van der Waals surface area contributed by atoms with Crippen LogP contribution in [0.3, 0.4) is 0 Å². The molecule has 0 bridgehead atoms. The van der Waals surface area contributed by atoms with E-state index in [0.29, 0.717) is 10.8 Å². The maximum absolute atomic E-state index is 12.1. The monoisotopic (exact) mass is 321 g/mol. The molecule has 4 N–H and O–H groups in total. The van der Waals surface area contributed by atoms with E-state index in [4.69, 9.17) is 27.2 Å². The van der Waals surface area contributed by atoms with Crippen molar-refractivity contribution in [2.24, 2.45) is 0 Å². The third-order valence-electron chi connectivity index (χ3n) is 2.89. The highest BCUT2D eigenvalue weighted by molar-refractivity contribution is 6.32. The molecule has 0 aliphatic heterocycles. The van der Waals surface area contributed by atoms with Crippen molar-refractivity contribution >= 4 is 29.0 Å². The molecule has 2 aromatic rings. The van der Waals surface area contributed by atoms with E-state index in [1.165, 1.54) is 0 Å². The van der Waals surface area contributed by atoms with Crippen LogP contribution >= 0.6 is 11.6 Å². The summed E-state index contributed by atoms with van der Waals surface area (Å²) in [5, 5.41) is 18.8. The molecule has 0 spiro atoms. The van der Waals surface area contributed by atoms with Gasteiger partial charge in [-0.15, -0.1) is 0 Å². The van der Waals surface area contributed by atoms with Crippen molar-refractivity contribution in [3.8, 4) is 11.5 Å². The maximum Gasteiger partial charge on any atom is 0.337 e. The number of carboxylic acid groups (broad SMARTS) is 1. The van der Waals surface area contributed by atoms with E-state index in [1.807, 2.05) is 0 Å². The number of ketones is 1. The van der Waals surface area contributed by atoms with Gasteiger partial charge >= 0.3 is 5.97 Å². The average Bonchev–Trinajstić information content (AvgIpc) is 2.47. The van der Waals surface area contributed by atoms with Crippen LogP contribution in [0.1, 0.15) is 20.7 Å². The highest BCUT2D eigenvalue weighted by Crippen LogP contribution is 2.26. The molecule has 0 saturated carbocycles. The molecule has 0 atom stereocenters. The number of hydrogen-bond donors (Lipinski definition) is 3. The van der Waals surface area contributed by atoms with Gasteiger partial charge in [-0.3, -0.25) is 4.79 Å². The van der Waals surface area contributed by atoms with Crippen LogP contribution < -0.4 is 10.5 Å². The number of aromatic hydroxyl groups is 1. The first kappa shape index (κ1) is 15.7. The molecule has 0 radical (unpaired) electrons. The van der Waals surface area contributed by atoms with Gasteiger partial charge in [0, 0.05) is 5.56 Å². The first-order valence-electron chi connectivity index (χ1n) is 6.16. The van der Waals surface area contributed by atoms with Crippen LogP contribution in [0.2, 0.25) is 5.02 Å². The molecule has 0 aliphatic rings. The lowest BCUT2D eigenvalue weighted by atomic mass is 10.0. The van der Waals surface area contributed by atoms with Gasteiger partial charge in [-0.25, -0.2) is 4.79 Å². The molecule has 6 nitrogen and oxygen atoms in total. The third-order valence-corrected chi connectivity index (χ3v) is 3.20. The molecule has 0 unspecified atom stereocenters. The van der Waals surface area contributed by atoms with Gasteiger partial charge in [0.1, 0.15) is 11.5 Å². The Kier molecular flexibility index (Phi) is 4.53. The number of nitrogens with two attached hydrogens (primary N) is 1. The van der Waals surface area contributed by atoms with Gasteiger partial charge < -0.3 is 20.7 Å². The number of aromatic carboxylic acids is 1. The van der Waals surface area contributed by atoms with Gasteiger partial charge in [-0.2, -0.15) is 0 Å². The number of Topliss-reactive ketones (excluding diaryl/α,β-unsaturated/α-hetero) is 1. The molecule has 0 saturated heterocycles. The summed E-state index contributed by atoms with van der Waals surface area (Å²) in [4.78, 5) is 23.1. The summed E-state index contributed by atoms with van der Waals surface area (Å²) in [7, 11) is 0. The second-order valence-corrected chi connectivity index (χ2v) is 4.81. The summed E-state index contributed by atoms with van der Waals surface area (Å²) in [6.07, 6.45) is 0. The fraction of sp³-hybridized carbons (Fsp3) is 0.0667. The Morgan fingerprint density at radius 2 is 1.82 bits per heavy atom. The largest absolute Gasteiger partial charge is 0.508 e. The van der Waals surface area contributed by atoms with E-state index in [9.17, 15) is 14.7 Å². The quantitative estimate of drug-likeness (QED) is 0.443. The third kappa shape index (κ3) is 3.29. The lowest BCUT2D eigenvalue weighted by Gasteiger charge is -2.10. The van der Waals surface area contributed by atoms with E-state index >= 15 is 0 Å². The van der Waals surface area contributed by atoms with E-state index in [2.05, 4.69) is 0 Å². The van der Waals surface area contributed by atoms with Crippen molar-refractivity contribution in [2.45, 2.75) is 0 Å². The summed E-state index contributed by atoms with van der Waals surface area (Å²) < 4.78 is 5.28. The summed E-state index contributed by atoms with van der Waals surface area (Å²) >= 11 is 5.90. The fourth-order valence-electron chi connectivity index (χ4n) is 1.83. The molecule has 2 rings (SSSR count). The number of ether oxygens (including phenoxy) is 1. The number of nitrogen functional groups attached to an aromatic ring is 1. The van der Waals surface area contributed by atoms with Crippen LogP contribution in [-0.4, -0.2) is 28.6 Å². The molecule has 0 amide bonds. The number of benzene rings is 2. The Hall–Kier alpha value is -2.73. The van der Waals surface area contributed by atoms with Crippen LogP contribution in [0.15, 0.2) is 36.4 Å². The summed E-state index contributed by atoms with van der Waals surface area (Å²) in [6.45, 7) is -0.392. The smallest absolute Gasteiger partial charge is 0.337 e. The zero-order valence-electron chi connectivity index (χ0n) is 11.2. The van der Waals surface area contributed by atoms with Crippen molar-refractivity contribution in [1.29, 1.82) is 0 Å². The number of hydrogen-bond acceptors (Lipinski definition) is 5. The normalized spacial score (nSPS) is 10.2. The van der Waals surface area contributed by atoms with Crippen molar-refractivity contribution in [1.82, 2.24) is 0 Å². The minimum atomic E-state index is -1.34. The second-order valence-electron chi connectivity index (χ2n) is 4.40. The molecule has 0 aliphatic carbocycles. The van der Waals surface area contributed by atoms with Crippen LogP contribution in [0, 0.1) is 0 Å². The van der Waals surface area contributed by atoms with Crippen LogP contribution in [0.4, 0.5) is 5.69 Å². The number of carboxylic acids is 1. The van der Waals surface area contributed by atoms with Crippen LogP contribution in [0.25, 0.3) is 0 Å². The van der Waals surface area contributed by atoms with Gasteiger partial charge in [0.15, 0.2) is 6.61 Å². The molecular formula is C15H12ClNO5. The van der Waals surface area contributed by atoms with Crippen molar-refractivity contribution in [2.75, 3.05) is 12.3 Å². The summed E-state index contributed by atoms with van der Waals surface area (Å²) in [5.41, 5.74) is 4.97. The first-order valence-corrected chi connectivity index (χ1v) is 6.54. The highest BCUT2D eigenvalue weighted by atomic mass is 35.5. The van der Waals surface area contributed by atoms with Gasteiger partial charge in [0.05, 0.1) is 16.3 Å². The standard InChI is InChI=1S/C15H12ClNO5/c16-11-3-1-2-4-13(11)22-7-12(19)9-5-8(18)6-10(14(9)17)15(20)21/h1-6,18H,7,17H2,(H,20,21). The predicted octanol–water partition coefficient (Wildman–Crippen LogP) is 2.59. The van der Waals surface area contributed by atoms with Gasteiger partial charge in [-0.05, 0) is 24.3 Å². The molecule has 22 heavy (non-hydrogen) atoms. The van der Waals surface area contributed by atoms with Crippen molar-refractivity contribution < 1.29 is 24.5 Å². The van der Waals surface area contributed by atoms with Crippen molar-refractivity contribution in [3.05, 3.63) is 52.5 Å². The zero-order valence-corrected chi connectivity index (χ0v) is 12.0. The first-order chi connectivity index (χ1) is 10.4. The van der Waals surface area contributed by atoms with E-state index < -0.39 is 18.4 Å². The van der Waals surface area contributed by atoms with E-state index in [-0.39, 0.29) is 22.6 Å². The Balaban J connectivity index is 2.23. The van der Waals surface area contributed by atoms with E-state index in [0.717, 1.165) is 12.1 Å². The Labute approximate surface area is 130 Å². The number of phenols is 1. The SMILES string of the molecule is Nc1c(C(=O)O)cc(O)cc1C(=O)COc1ccccc1Cl. The second kappa shape index (κ2) is 6.36.